The molecular formula is C21H12ClFN2O2. The molecule has 0 radical (unpaired) electrons. The molecule has 0 amide bonds. The van der Waals surface area contributed by atoms with Crippen molar-refractivity contribution in [2.75, 3.05) is 0 Å². The second kappa shape index (κ2) is 5.93. The zero-order valence-electron chi connectivity index (χ0n) is 13.9. The summed E-state index contributed by atoms with van der Waals surface area (Å²) in [6.07, 6.45) is 1.69. The lowest BCUT2D eigenvalue weighted by Gasteiger charge is -2.14. The fourth-order valence-corrected chi connectivity index (χ4v) is 3.66. The highest BCUT2D eigenvalue weighted by Gasteiger charge is 2.33. The first-order valence-electron chi connectivity index (χ1n) is 8.36. The van der Waals surface area contributed by atoms with E-state index >= 15 is 0 Å². The van der Waals surface area contributed by atoms with Crippen LogP contribution in [0, 0.1) is 5.82 Å². The van der Waals surface area contributed by atoms with E-state index in [9.17, 15) is 9.18 Å². The quantitative estimate of drug-likeness (QED) is 0.440. The van der Waals surface area contributed by atoms with Crippen LogP contribution < -0.4 is 4.74 Å². The molecular weight excluding hydrogens is 367 g/mol. The van der Waals surface area contributed by atoms with E-state index < -0.39 is 0 Å². The molecule has 27 heavy (non-hydrogen) atoms. The van der Waals surface area contributed by atoms with Crippen molar-refractivity contribution < 1.29 is 13.9 Å². The standard InChI is InChI=1S/C21H12ClFN2O2/c22-13-6-3-8-15-17(13)20(27-11-12-5-1-2-7-14(12)23)18-19(24-15)16-9-4-10-25(16)21(18)26/h1-10H,11H2. The van der Waals surface area contributed by atoms with E-state index in [1.54, 1.807) is 42.6 Å². The van der Waals surface area contributed by atoms with E-state index in [4.69, 9.17) is 16.3 Å². The summed E-state index contributed by atoms with van der Waals surface area (Å²) in [5.41, 5.74) is 2.61. The van der Waals surface area contributed by atoms with Crippen LogP contribution in [0.3, 0.4) is 0 Å². The number of ether oxygens (including phenoxy) is 1. The van der Waals surface area contributed by atoms with Crippen molar-refractivity contribution in [3.63, 3.8) is 0 Å². The highest BCUT2D eigenvalue weighted by molar-refractivity contribution is 6.36. The third-order valence-electron chi connectivity index (χ3n) is 4.67. The molecule has 0 spiro atoms. The van der Waals surface area contributed by atoms with Gasteiger partial charge in [0.15, 0.2) is 0 Å². The van der Waals surface area contributed by atoms with Crippen LogP contribution in [0.15, 0.2) is 60.8 Å². The molecule has 0 unspecified atom stereocenters. The van der Waals surface area contributed by atoms with Gasteiger partial charge >= 0.3 is 0 Å². The first kappa shape index (κ1) is 16.0. The van der Waals surface area contributed by atoms with Crippen molar-refractivity contribution in [2.24, 2.45) is 0 Å². The molecule has 1 aliphatic rings. The number of benzene rings is 2. The molecule has 4 aromatic rings. The summed E-state index contributed by atoms with van der Waals surface area (Å²) < 4.78 is 21.5. The predicted molar refractivity (Wildman–Crippen MR) is 101 cm³/mol. The van der Waals surface area contributed by atoms with E-state index in [1.165, 1.54) is 10.6 Å². The fraction of sp³-hybridized carbons (Fsp3) is 0.0476. The Balaban J connectivity index is 1.72. The van der Waals surface area contributed by atoms with Gasteiger partial charge in [0.1, 0.15) is 29.4 Å². The normalized spacial score (nSPS) is 12.3. The number of aromatic nitrogens is 2. The molecule has 5 rings (SSSR count). The van der Waals surface area contributed by atoms with Crippen molar-refractivity contribution >= 4 is 28.4 Å². The summed E-state index contributed by atoms with van der Waals surface area (Å²) in [4.78, 5) is 17.6. The maximum absolute atomic E-state index is 14.0. The smallest absolute Gasteiger partial charge is 0.268 e. The van der Waals surface area contributed by atoms with Crippen LogP contribution in [-0.2, 0) is 6.61 Å². The van der Waals surface area contributed by atoms with Gasteiger partial charge in [0.2, 0.25) is 0 Å². The lowest BCUT2D eigenvalue weighted by molar-refractivity contribution is 0.0965. The molecule has 6 heteroatoms. The summed E-state index contributed by atoms with van der Waals surface area (Å²) >= 11 is 6.40. The second-order valence-electron chi connectivity index (χ2n) is 6.25. The number of carbonyl (C=O) groups excluding carboxylic acids is 1. The second-order valence-corrected chi connectivity index (χ2v) is 6.65. The van der Waals surface area contributed by atoms with Crippen LogP contribution in [0.25, 0.3) is 22.3 Å². The summed E-state index contributed by atoms with van der Waals surface area (Å²) in [5.74, 6) is -0.267. The summed E-state index contributed by atoms with van der Waals surface area (Å²) in [6, 6.07) is 15.3. The molecule has 3 heterocycles. The number of halogens is 2. The van der Waals surface area contributed by atoms with Crippen LogP contribution in [-0.4, -0.2) is 15.5 Å². The Morgan fingerprint density at radius 1 is 1.07 bits per heavy atom. The minimum atomic E-state index is -0.365. The van der Waals surface area contributed by atoms with Crippen LogP contribution in [0.4, 0.5) is 4.39 Å². The highest BCUT2D eigenvalue weighted by Crippen LogP contribution is 2.43. The largest absolute Gasteiger partial charge is 0.487 e. The molecule has 1 aliphatic heterocycles. The Kier molecular flexibility index (Phi) is 3.52. The third kappa shape index (κ3) is 2.35. The lowest BCUT2D eigenvalue weighted by Crippen LogP contribution is -2.09. The lowest BCUT2D eigenvalue weighted by atomic mass is 10.1. The number of hydrogen-bond acceptors (Lipinski definition) is 3. The minimum Gasteiger partial charge on any atom is -0.487 e. The summed E-state index contributed by atoms with van der Waals surface area (Å²) in [5, 5.41) is 0.976. The molecule has 0 atom stereocenters. The first-order valence-corrected chi connectivity index (χ1v) is 8.74. The van der Waals surface area contributed by atoms with Crippen molar-refractivity contribution in [1.29, 1.82) is 0 Å². The highest BCUT2D eigenvalue weighted by atomic mass is 35.5. The number of pyridine rings is 1. The van der Waals surface area contributed by atoms with Gasteiger partial charge in [-0.05, 0) is 30.3 Å². The zero-order chi connectivity index (χ0) is 18.5. The van der Waals surface area contributed by atoms with E-state index in [0.717, 1.165) is 0 Å². The Labute approximate surface area is 158 Å². The molecule has 2 aromatic heterocycles. The number of carbonyl (C=O) groups is 1. The number of hydrogen-bond donors (Lipinski definition) is 0. The molecule has 0 saturated carbocycles. The van der Waals surface area contributed by atoms with Gasteiger partial charge in [-0.15, -0.1) is 0 Å². The fourth-order valence-electron chi connectivity index (χ4n) is 3.40. The van der Waals surface area contributed by atoms with Crippen molar-refractivity contribution in [3.8, 4) is 17.1 Å². The molecule has 0 N–H and O–H groups in total. The molecule has 2 aromatic carbocycles. The van der Waals surface area contributed by atoms with Crippen LogP contribution in [0.5, 0.6) is 5.75 Å². The molecule has 0 saturated heterocycles. The summed E-state index contributed by atoms with van der Waals surface area (Å²) in [7, 11) is 0. The SMILES string of the molecule is O=C1c2c(nc3cccc(Cl)c3c2OCc2ccccc2F)-c2cccn21. The van der Waals surface area contributed by atoms with Gasteiger partial charge in [0, 0.05) is 11.8 Å². The van der Waals surface area contributed by atoms with Gasteiger partial charge < -0.3 is 4.74 Å². The third-order valence-corrected chi connectivity index (χ3v) is 4.98. The van der Waals surface area contributed by atoms with Crippen molar-refractivity contribution in [3.05, 3.63) is 82.8 Å². The summed E-state index contributed by atoms with van der Waals surface area (Å²) in [6.45, 7) is -0.0222. The average Bonchev–Trinajstić information content (AvgIpc) is 3.24. The number of rotatable bonds is 3. The Morgan fingerprint density at radius 2 is 1.93 bits per heavy atom. The average molecular weight is 379 g/mol. The minimum absolute atomic E-state index is 0.0222. The van der Waals surface area contributed by atoms with Gasteiger partial charge in [-0.1, -0.05) is 35.9 Å². The predicted octanol–water partition coefficient (Wildman–Crippen LogP) is 5.08. The van der Waals surface area contributed by atoms with E-state index in [-0.39, 0.29) is 18.3 Å². The van der Waals surface area contributed by atoms with Crippen LogP contribution in [0.2, 0.25) is 5.02 Å². The Morgan fingerprint density at radius 3 is 2.78 bits per heavy atom. The molecule has 4 nitrogen and oxygen atoms in total. The van der Waals surface area contributed by atoms with E-state index in [0.29, 0.717) is 44.2 Å². The topological polar surface area (TPSA) is 44.1 Å². The van der Waals surface area contributed by atoms with Crippen molar-refractivity contribution in [1.82, 2.24) is 9.55 Å². The number of nitrogens with zero attached hydrogens (tertiary/aromatic N) is 2. The van der Waals surface area contributed by atoms with Gasteiger partial charge in [-0.2, -0.15) is 0 Å². The van der Waals surface area contributed by atoms with Gasteiger partial charge in [-0.3, -0.25) is 9.36 Å². The maximum Gasteiger partial charge on any atom is 0.268 e. The van der Waals surface area contributed by atoms with Crippen molar-refractivity contribution in [2.45, 2.75) is 6.61 Å². The maximum atomic E-state index is 14.0. The molecule has 0 aliphatic carbocycles. The van der Waals surface area contributed by atoms with Gasteiger partial charge in [0.05, 0.1) is 21.6 Å². The van der Waals surface area contributed by atoms with E-state index in [1.807, 2.05) is 12.1 Å². The zero-order valence-corrected chi connectivity index (χ0v) is 14.7. The Hall–Kier alpha value is -3.18. The first-order chi connectivity index (χ1) is 13.1. The monoisotopic (exact) mass is 378 g/mol. The Bertz CT molecular complexity index is 1230. The van der Waals surface area contributed by atoms with Gasteiger partial charge in [-0.25, -0.2) is 9.37 Å². The van der Waals surface area contributed by atoms with Crippen LogP contribution in [0.1, 0.15) is 15.9 Å². The molecule has 132 valence electrons. The molecule has 0 bridgehead atoms. The van der Waals surface area contributed by atoms with Gasteiger partial charge in [0.25, 0.3) is 5.91 Å². The van der Waals surface area contributed by atoms with Crippen LogP contribution >= 0.6 is 11.6 Å². The number of fused-ring (bicyclic) bond motifs is 4. The molecule has 0 fully saturated rings. The van der Waals surface area contributed by atoms with E-state index in [2.05, 4.69) is 4.98 Å².